The van der Waals surface area contributed by atoms with E-state index in [9.17, 15) is 17.5 Å². The number of ether oxygens (including phenoxy) is 2. The molecule has 1 atom stereocenters. The number of hydrogen-bond acceptors (Lipinski definition) is 21. The fraction of sp³-hybridized carbons (Fsp3) is 0.443. The summed E-state index contributed by atoms with van der Waals surface area (Å²) >= 11 is 12.9. The van der Waals surface area contributed by atoms with Gasteiger partial charge in [0.05, 0.1) is 63.2 Å². The Morgan fingerprint density at radius 1 is 0.651 bits per heavy atom. The van der Waals surface area contributed by atoms with Crippen LogP contribution in [-0.2, 0) is 46.2 Å². The molecule has 0 aliphatic carbocycles. The van der Waals surface area contributed by atoms with Crippen LogP contribution in [0.1, 0.15) is 109 Å². The molecule has 590 valence electrons. The second-order valence-electron chi connectivity index (χ2n) is 28.1. The largest absolute Gasteiger partial charge is 0.495 e. The summed E-state index contributed by atoms with van der Waals surface area (Å²) in [7, 11) is -2.09. The van der Waals surface area contributed by atoms with Crippen molar-refractivity contribution in [1.82, 2.24) is 49.3 Å². The highest BCUT2D eigenvalue weighted by Gasteiger charge is 2.29. The molecule has 3 aliphatic heterocycles. The van der Waals surface area contributed by atoms with E-state index in [2.05, 4.69) is 133 Å². The van der Waals surface area contributed by atoms with Crippen molar-refractivity contribution in [3.8, 4) is 33.8 Å². The van der Waals surface area contributed by atoms with Crippen LogP contribution in [0.5, 0.6) is 11.5 Å². The standard InChI is InChI=1S/C34H44BrN8O2P.C18H31N3O.C16H16BrClN5OP.C7H8O3S.C4H10O/c1-6-23-17-29(31(45-3)19-30(23)43-15-11-26(12-16-43)42-13-7-8-14-42)39-34-36-21-27(35)33(40-34)38-28-10-9-24(18-32(28)46(4,5)44)25-20-37-41(2)22-25;1-4-14-12-16(19)18(22-3)13-17(14)20-9-8-15(5-2)21-10-6-7-11-21;1-23-9-11(7-20-23)10-4-5-13(14(6-10)25(2,3)24)21-15-12(17)8-19-16(18)22-15;1-6-2-4-7(5-3-6)11(8,9)10;1-2-3-4-5/h9-10,17-22,26H,6-8,11-16H2,1-5H3,(H2,36,38,39,40);12-13,15,20H,4-11,19H2,1-3H3;4-9H,1-3H3,(H,19,21,22);2-5H,1H3,(H,8,9,10);5H,2-4H2,1H3. The minimum absolute atomic E-state index is 0.0666. The van der Waals surface area contributed by atoms with E-state index < -0.39 is 24.4 Å². The predicted molar refractivity (Wildman–Crippen MR) is 456 cm³/mol. The lowest BCUT2D eigenvalue weighted by molar-refractivity contribution is 0.208. The molecule has 4 aromatic heterocycles. The van der Waals surface area contributed by atoms with Crippen molar-refractivity contribution >= 4 is 130 Å². The molecule has 30 heteroatoms. The van der Waals surface area contributed by atoms with Gasteiger partial charge in [-0.15, -0.1) is 0 Å². The lowest BCUT2D eigenvalue weighted by atomic mass is 10.0. The average Bonchev–Trinajstić information content (AvgIpc) is 1.72. The summed E-state index contributed by atoms with van der Waals surface area (Å²) in [6, 6.07) is 27.5. The summed E-state index contributed by atoms with van der Waals surface area (Å²) in [5, 5.41) is 31.8. The number of hydrogen-bond donors (Lipinski definition) is 7. The number of anilines is 9. The van der Waals surface area contributed by atoms with E-state index in [1.165, 1.54) is 106 Å². The maximum absolute atomic E-state index is 13.4. The Morgan fingerprint density at radius 3 is 1.67 bits per heavy atom. The Kier molecular flexibility index (Phi) is 32.9. The van der Waals surface area contributed by atoms with Gasteiger partial charge in [0.15, 0.2) is 0 Å². The number of methoxy groups -OCH3 is 2. The number of halogens is 3. The number of aryl methyl sites for hydroxylation is 5. The van der Waals surface area contributed by atoms with Crippen LogP contribution in [0.25, 0.3) is 22.3 Å². The Balaban J connectivity index is 0.000000199. The van der Waals surface area contributed by atoms with Crippen LogP contribution in [-0.4, -0.2) is 173 Å². The fourth-order valence-electron chi connectivity index (χ4n) is 13.3. The molecule has 7 heterocycles. The zero-order valence-electron chi connectivity index (χ0n) is 65.1. The third-order valence-corrected chi connectivity index (χ3v) is 24.5. The van der Waals surface area contributed by atoms with Crippen molar-refractivity contribution in [3.63, 3.8) is 0 Å². The number of aliphatic hydroxyl groups is 1. The summed E-state index contributed by atoms with van der Waals surface area (Å²) in [6.45, 7) is 26.1. The molecule has 0 amide bonds. The van der Waals surface area contributed by atoms with Crippen LogP contribution in [0.2, 0.25) is 5.28 Å². The van der Waals surface area contributed by atoms with E-state index in [4.69, 9.17) is 41.5 Å². The first-order valence-corrected chi connectivity index (χ1v) is 45.8. The second kappa shape index (κ2) is 41.2. The van der Waals surface area contributed by atoms with Gasteiger partial charge in [0.1, 0.15) is 37.4 Å². The van der Waals surface area contributed by atoms with Crippen molar-refractivity contribution in [2.45, 2.75) is 129 Å². The van der Waals surface area contributed by atoms with Gasteiger partial charge >= 0.3 is 0 Å². The van der Waals surface area contributed by atoms with Crippen molar-refractivity contribution in [3.05, 3.63) is 153 Å². The van der Waals surface area contributed by atoms with Crippen molar-refractivity contribution in [2.75, 3.05) is 125 Å². The van der Waals surface area contributed by atoms with Crippen LogP contribution in [0.15, 0.2) is 136 Å². The number of aromatic nitrogens is 8. The SMILES string of the molecule is CCCCO.CCc1cc(N)c(OC)cc1NCCC(CC)N1CCCC1.CCc1cc(Nc2ncc(Br)c(Nc3ccc(-c4cnn(C)c4)cc3P(C)(C)=O)n2)c(OC)cc1N1CCC(N2CCCC2)CC1.Cc1ccc(S(=O)(=O)O)cc1.Cn1cc(-c2ccc(Nc3nc(Cl)ncc3Br)c(P(C)(C)=O)c2)cn1. The van der Waals surface area contributed by atoms with Gasteiger partial charge in [-0.05, 0) is 245 Å². The van der Waals surface area contributed by atoms with E-state index in [1.807, 2.05) is 88.1 Å². The first-order valence-electron chi connectivity index (χ1n) is 37.2. The van der Waals surface area contributed by atoms with Crippen LogP contribution >= 0.6 is 57.7 Å². The maximum Gasteiger partial charge on any atom is 0.294 e. The predicted octanol–water partition coefficient (Wildman–Crippen LogP) is 16.8. The number of nitrogens with zero attached hydrogens (tertiary/aromatic N) is 11. The first-order chi connectivity index (χ1) is 52.0. The fourth-order valence-corrected chi connectivity index (χ4v) is 16.8. The van der Waals surface area contributed by atoms with E-state index >= 15 is 0 Å². The zero-order valence-corrected chi connectivity index (χ0v) is 71.7. The lowest BCUT2D eigenvalue weighted by Crippen LogP contribution is -2.44. The maximum atomic E-state index is 13.4. The van der Waals surface area contributed by atoms with E-state index in [0.29, 0.717) is 50.9 Å². The van der Waals surface area contributed by atoms with Crippen molar-refractivity contribution in [1.29, 1.82) is 0 Å². The highest BCUT2D eigenvalue weighted by Crippen LogP contribution is 2.43. The topological polar surface area (TPSA) is 298 Å². The van der Waals surface area contributed by atoms with Crippen molar-refractivity contribution in [2.24, 2.45) is 14.1 Å². The number of nitrogens with one attached hydrogen (secondary N) is 4. The molecule has 0 spiro atoms. The first kappa shape index (κ1) is 87.2. The number of rotatable bonds is 25. The van der Waals surface area contributed by atoms with Gasteiger partial charge in [-0.1, -0.05) is 63.9 Å². The van der Waals surface area contributed by atoms with Crippen LogP contribution in [0, 0.1) is 6.92 Å². The highest BCUT2D eigenvalue weighted by atomic mass is 79.9. The lowest BCUT2D eigenvalue weighted by Gasteiger charge is -2.38. The number of unbranched alkanes of at least 4 members (excludes halogenated alkanes) is 1. The minimum Gasteiger partial charge on any atom is -0.495 e. The van der Waals surface area contributed by atoms with Gasteiger partial charge in [0, 0.05) is 122 Å². The number of aliphatic hydroxyl groups excluding tert-OH is 1. The van der Waals surface area contributed by atoms with Gasteiger partial charge in [-0.25, -0.2) is 9.97 Å². The Morgan fingerprint density at radius 2 is 1.19 bits per heavy atom. The van der Waals surface area contributed by atoms with Crippen LogP contribution in [0.4, 0.5) is 51.7 Å². The summed E-state index contributed by atoms with van der Waals surface area (Å²) in [4.78, 5) is 25.2. The van der Waals surface area contributed by atoms with E-state index in [-0.39, 0.29) is 10.2 Å². The van der Waals surface area contributed by atoms with Crippen LogP contribution < -0.4 is 52.0 Å². The zero-order chi connectivity index (χ0) is 79.2. The second-order valence-corrected chi connectivity index (χ2v) is 37.9. The molecule has 109 heavy (non-hydrogen) atoms. The van der Waals surface area contributed by atoms with Gasteiger partial charge in [0.25, 0.3) is 10.1 Å². The summed E-state index contributed by atoms with van der Waals surface area (Å²) < 4.78 is 71.9. The third-order valence-electron chi connectivity index (χ3n) is 19.3. The Bertz CT molecular complexity index is 4660. The summed E-state index contributed by atoms with van der Waals surface area (Å²) in [6.07, 6.45) is 24.9. The number of likely N-dealkylation sites (tertiary alicyclic amines) is 2. The molecular weight excluding hydrogens is 1590 g/mol. The summed E-state index contributed by atoms with van der Waals surface area (Å²) in [5.74, 6) is 3.01. The minimum atomic E-state index is -4.02. The Hall–Kier alpha value is -7.42. The quantitative estimate of drug-likeness (QED) is 0.0121. The van der Waals surface area contributed by atoms with Gasteiger partial charge in [-0.3, -0.25) is 13.9 Å². The molecule has 0 radical (unpaired) electrons. The molecule has 5 aromatic carbocycles. The van der Waals surface area contributed by atoms with Gasteiger partial charge < -0.3 is 65.4 Å². The molecule has 9 aromatic rings. The highest BCUT2D eigenvalue weighted by molar-refractivity contribution is 9.11. The van der Waals surface area contributed by atoms with Crippen molar-refractivity contribution < 1.29 is 36.7 Å². The van der Waals surface area contributed by atoms with Gasteiger partial charge in [-0.2, -0.15) is 28.6 Å². The van der Waals surface area contributed by atoms with Crippen LogP contribution in [0.3, 0.4) is 0 Å². The molecule has 12 rings (SSSR count). The molecule has 8 N–H and O–H groups in total. The number of nitrogen functional groups attached to an aromatic ring is 1. The molecule has 0 bridgehead atoms. The summed E-state index contributed by atoms with van der Waals surface area (Å²) in [5.41, 5.74) is 18.7. The van der Waals surface area contributed by atoms with E-state index in [1.54, 1.807) is 81.0 Å². The smallest absolute Gasteiger partial charge is 0.294 e. The molecule has 24 nitrogen and oxygen atoms in total. The molecule has 3 aliphatic rings. The molecule has 1 unspecified atom stereocenters. The average molecular weight is 1700 g/mol. The third kappa shape index (κ3) is 25.3. The molecule has 3 fully saturated rings. The van der Waals surface area contributed by atoms with E-state index in [0.717, 1.165) is 118 Å². The molecule has 0 saturated carbocycles. The molecule has 3 saturated heterocycles. The Labute approximate surface area is 666 Å². The number of benzene rings is 5. The normalized spacial score (nSPS) is 14.4. The molecular formula is C79H109Br2ClN16O8P2S. The number of piperidine rings is 1. The monoisotopic (exact) mass is 1700 g/mol. The van der Waals surface area contributed by atoms with Gasteiger partial charge in [0.2, 0.25) is 11.2 Å². The number of nitrogens with two attached hydrogens (primary N) is 1.